The molecule has 0 spiro atoms. The Morgan fingerprint density at radius 3 is 3.08 bits per heavy atom. The number of ether oxygens (including phenoxy) is 1. The molecule has 2 aliphatic rings. The zero-order valence-electron chi connectivity index (χ0n) is 6.49. The Balaban J connectivity index is 2.48. The summed E-state index contributed by atoms with van der Waals surface area (Å²) in [5, 5.41) is 0. The van der Waals surface area contributed by atoms with Gasteiger partial charge in [-0.2, -0.15) is 0 Å². The van der Waals surface area contributed by atoms with E-state index in [1.165, 1.54) is 0 Å². The first-order valence-corrected chi connectivity index (χ1v) is 3.74. The molecule has 1 amide bonds. The van der Waals surface area contributed by atoms with Crippen molar-refractivity contribution in [1.82, 2.24) is 0 Å². The van der Waals surface area contributed by atoms with E-state index < -0.39 is 5.41 Å². The summed E-state index contributed by atoms with van der Waals surface area (Å²) in [7, 11) is 0. The van der Waals surface area contributed by atoms with Crippen molar-refractivity contribution in [1.29, 1.82) is 0 Å². The van der Waals surface area contributed by atoms with E-state index in [1.54, 1.807) is 12.3 Å². The molecule has 2 N–H and O–H groups in total. The highest BCUT2D eigenvalue weighted by atomic mass is 16.5. The number of nitrogens with two attached hydrogens (primary N) is 1. The summed E-state index contributed by atoms with van der Waals surface area (Å²) in [6, 6.07) is 0. The summed E-state index contributed by atoms with van der Waals surface area (Å²) in [5.41, 5.74) is 5.44. The van der Waals surface area contributed by atoms with Crippen LogP contribution in [0.5, 0.6) is 0 Å². The number of hydrogen-bond acceptors (Lipinski definition) is 2. The Morgan fingerprint density at radius 2 is 2.42 bits per heavy atom. The zero-order chi connectivity index (χ0) is 8.60. The average molecular weight is 163 g/mol. The number of rotatable bonds is 1. The summed E-state index contributed by atoms with van der Waals surface area (Å²) >= 11 is 0. The second-order valence-electron chi connectivity index (χ2n) is 2.94. The molecule has 3 heteroatoms. The molecule has 62 valence electrons. The lowest BCUT2D eigenvalue weighted by atomic mass is 9.79. The predicted molar refractivity (Wildman–Crippen MR) is 43.9 cm³/mol. The first-order chi connectivity index (χ1) is 5.76. The summed E-state index contributed by atoms with van der Waals surface area (Å²) in [5.74, 6) is -0.355. The number of allylic oxidation sites excluding steroid dienone is 3. The van der Waals surface area contributed by atoms with Crippen molar-refractivity contribution >= 4 is 5.91 Å². The third-order valence-electron chi connectivity index (χ3n) is 2.24. The lowest BCUT2D eigenvalue weighted by Crippen LogP contribution is -2.38. The lowest BCUT2D eigenvalue weighted by Gasteiger charge is -2.22. The standard InChI is InChI=1S/C9H9NO2/c10-8(11)9-4-2-1-3-7(9)5-12-6-9/h1-5H,6H2,(H2,10,11). The van der Waals surface area contributed by atoms with Gasteiger partial charge in [-0.15, -0.1) is 0 Å². The summed E-state index contributed by atoms with van der Waals surface area (Å²) in [6.07, 6.45) is 8.90. The van der Waals surface area contributed by atoms with E-state index in [9.17, 15) is 4.79 Å². The van der Waals surface area contributed by atoms with Crippen LogP contribution in [0.3, 0.4) is 0 Å². The molecular formula is C9H9NO2. The minimum absolute atomic E-state index is 0.332. The number of primary amides is 1. The van der Waals surface area contributed by atoms with Crippen molar-refractivity contribution < 1.29 is 9.53 Å². The van der Waals surface area contributed by atoms with Gasteiger partial charge in [-0.05, 0) is 0 Å². The molecular weight excluding hydrogens is 154 g/mol. The van der Waals surface area contributed by atoms with E-state index in [-0.39, 0.29) is 5.91 Å². The average Bonchev–Trinajstić information content (AvgIpc) is 2.48. The van der Waals surface area contributed by atoms with E-state index in [0.717, 1.165) is 5.57 Å². The smallest absolute Gasteiger partial charge is 0.235 e. The van der Waals surface area contributed by atoms with Crippen molar-refractivity contribution in [3.8, 4) is 0 Å². The quantitative estimate of drug-likeness (QED) is 0.612. The molecule has 3 nitrogen and oxygen atoms in total. The molecule has 0 radical (unpaired) electrons. The van der Waals surface area contributed by atoms with Gasteiger partial charge in [-0.1, -0.05) is 24.3 Å². The van der Waals surface area contributed by atoms with E-state index in [0.29, 0.717) is 6.61 Å². The van der Waals surface area contributed by atoms with Gasteiger partial charge in [0.05, 0.1) is 6.26 Å². The first kappa shape index (κ1) is 7.16. The van der Waals surface area contributed by atoms with Crippen LogP contribution < -0.4 is 5.73 Å². The first-order valence-electron chi connectivity index (χ1n) is 3.74. The molecule has 1 unspecified atom stereocenters. The van der Waals surface area contributed by atoms with Crippen molar-refractivity contribution in [2.45, 2.75) is 0 Å². The Bertz CT molecular complexity index is 314. The highest BCUT2D eigenvalue weighted by Crippen LogP contribution is 2.37. The molecule has 0 aromatic heterocycles. The van der Waals surface area contributed by atoms with Crippen LogP contribution in [0.25, 0.3) is 0 Å². The van der Waals surface area contributed by atoms with Crippen LogP contribution in [-0.2, 0) is 9.53 Å². The van der Waals surface area contributed by atoms with E-state index in [1.807, 2.05) is 18.2 Å². The summed E-state index contributed by atoms with van der Waals surface area (Å²) in [6.45, 7) is 0.332. The molecule has 0 saturated carbocycles. The Morgan fingerprint density at radius 1 is 1.58 bits per heavy atom. The maximum absolute atomic E-state index is 11.2. The normalized spacial score (nSPS) is 30.8. The van der Waals surface area contributed by atoms with Gasteiger partial charge >= 0.3 is 0 Å². The maximum atomic E-state index is 11.2. The fourth-order valence-electron chi connectivity index (χ4n) is 1.46. The second-order valence-corrected chi connectivity index (χ2v) is 2.94. The zero-order valence-corrected chi connectivity index (χ0v) is 6.49. The van der Waals surface area contributed by atoms with Gasteiger partial charge in [0.2, 0.25) is 5.91 Å². The minimum atomic E-state index is -0.700. The highest BCUT2D eigenvalue weighted by Gasteiger charge is 2.42. The van der Waals surface area contributed by atoms with Gasteiger partial charge < -0.3 is 10.5 Å². The van der Waals surface area contributed by atoms with Crippen LogP contribution >= 0.6 is 0 Å². The van der Waals surface area contributed by atoms with Crippen LogP contribution in [0.15, 0.2) is 36.1 Å². The van der Waals surface area contributed by atoms with Gasteiger partial charge in [0.15, 0.2) is 0 Å². The Kier molecular flexibility index (Phi) is 1.33. The molecule has 1 aliphatic carbocycles. The summed E-state index contributed by atoms with van der Waals surface area (Å²) in [4.78, 5) is 11.2. The van der Waals surface area contributed by atoms with Crippen LogP contribution in [0.2, 0.25) is 0 Å². The predicted octanol–water partition coefficient (Wildman–Crippen LogP) is 0.498. The SMILES string of the molecule is NC(=O)C12C=CC=CC1=COC2. The lowest BCUT2D eigenvalue weighted by molar-refractivity contribution is -0.124. The fraction of sp³-hybridized carbons (Fsp3) is 0.222. The minimum Gasteiger partial charge on any atom is -0.499 e. The van der Waals surface area contributed by atoms with Crippen LogP contribution in [-0.4, -0.2) is 12.5 Å². The molecule has 1 atom stereocenters. The largest absolute Gasteiger partial charge is 0.499 e. The number of hydrogen-bond donors (Lipinski definition) is 1. The number of carbonyl (C=O) groups excluding carboxylic acids is 1. The van der Waals surface area contributed by atoms with Gasteiger partial charge in [0.25, 0.3) is 0 Å². The van der Waals surface area contributed by atoms with Gasteiger partial charge in [0.1, 0.15) is 12.0 Å². The number of carbonyl (C=O) groups is 1. The maximum Gasteiger partial charge on any atom is 0.235 e. The molecule has 12 heavy (non-hydrogen) atoms. The van der Waals surface area contributed by atoms with Crippen LogP contribution in [0, 0.1) is 5.41 Å². The molecule has 0 aromatic carbocycles. The summed E-state index contributed by atoms with van der Waals surface area (Å²) < 4.78 is 5.09. The highest BCUT2D eigenvalue weighted by molar-refractivity contribution is 5.88. The van der Waals surface area contributed by atoms with Crippen molar-refractivity contribution in [3.63, 3.8) is 0 Å². The molecule has 0 fully saturated rings. The third-order valence-corrected chi connectivity index (χ3v) is 2.24. The monoisotopic (exact) mass is 163 g/mol. The van der Waals surface area contributed by atoms with Crippen LogP contribution in [0.4, 0.5) is 0 Å². The Labute approximate surface area is 70.2 Å². The van der Waals surface area contributed by atoms with Gasteiger partial charge in [0, 0.05) is 5.57 Å². The van der Waals surface area contributed by atoms with Crippen molar-refractivity contribution in [2.75, 3.05) is 6.61 Å². The van der Waals surface area contributed by atoms with Gasteiger partial charge in [-0.25, -0.2) is 0 Å². The van der Waals surface area contributed by atoms with E-state index in [4.69, 9.17) is 10.5 Å². The van der Waals surface area contributed by atoms with E-state index >= 15 is 0 Å². The number of amides is 1. The molecule has 0 bridgehead atoms. The van der Waals surface area contributed by atoms with Crippen molar-refractivity contribution in [3.05, 3.63) is 36.1 Å². The van der Waals surface area contributed by atoms with E-state index in [2.05, 4.69) is 0 Å². The molecule has 1 heterocycles. The number of fused-ring (bicyclic) bond motifs is 1. The van der Waals surface area contributed by atoms with Gasteiger partial charge in [-0.3, -0.25) is 4.79 Å². The molecule has 0 saturated heterocycles. The molecule has 0 aromatic rings. The second kappa shape index (κ2) is 2.24. The molecule has 2 rings (SSSR count). The third kappa shape index (κ3) is 0.733. The fourth-order valence-corrected chi connectivity index (χ4v) is 1.46. The topological polar surface area (TPSA) is 52.3 Å². The Hall–Kier alpha value is -1.51. The van der Waals surface area contributed by atoms with Crippen molar-refractivity contribution in [2.24, 2.45) is 11.1 Å². The molecule has 1 aliphatic heterocycles. The van der Waals surface area contributed by atoms with Crippen LogP contribution in [0.1, 0.15) is 0 Å².